The maximum Gasteiger partial charge on any atom is 0.409 e. The summed E-state index contributed by atoms with van der Waals surface area (Å²) in [4.78, 5) is 5.31. The van der Waals surface area contributed by atoms with Crippen molar-refractivity contribution >= 4 is 15.9 Å². The Morgan fingerprint density at radius 3 is 2.44 bits per heavy atom. The molecule has 0 amide bonds. The van der Waals surface area contributed by atoms with Crippen molar-refractivity contribution in [1.29, 1.82) is 0 Å². The Kier molecular flexibility index (Phi) is 4.24. The Balaban J connectivity index is 2.27. The van der Waals surface area contributed by atoms with Crippen molar-refractivity contribution in [2.45, 2.75) is 12.2 Å². The maximum atomic E-state index is 13.2. The highest BCUT2D eigenvalue weighted by atomic mass is 79.9. The maximum absolute atomic E-state index is 13.2. The second-order valence-corrected chi connectivity index (χ2v) is 5.05. The van der Waals surface area contributed by atoms with E-state index < -0.39 is 12.2 Å². The number of pyridine rings is 1. The molecule has 1 fully saturated rings. The third-order valence-electron chi connectivity index (χ3n) is 2.86. The van der Waals surface area contributed by atoms with Crippen LogP contribution < -0.4 is 5.32 Å². The van der Waals surface area contributed by atoms with Gasteiger partial charge in [0.15, 0.2) is 0 Å². The van der Waals surface area contributed by atoms with Gasteiger partial charge in [0.05, 0.1) is 5.69 Å². The molecule has 3 nitrogen and oxygen atoms in total. The number of rotatable bonds is 2. The van der Waals surface area contributed by atoms with Gasteiger partial charge in [-0.15, -0.1) is 0 Å². The quantitative estimate of drug-likeness (QED) is 0.905. The molecule has 100 valence electrons. The molecular weight excluding hydrogens is 311 g/mol. The largest absolute Gasteiger partial charge is 0.409 e. The van der Waals surface area contributed by atoms with Gasteiger partial charge in [-0.25, -0.2) is 0 Å². The SMILES string of the molecule is FC(F)(F)[C@H](c1ccc(Br)cn1)N1CCNCC1. The Bertz CT molecular complexity index is 388. The molecule has 7 heteroatoms. The fourth-order valence-electron chi connectivity index (χ4n) is 2.05. The van der Waals surface area contributed by atoms with Crippen LogP contribution in [0.4, 0.5) is 13.2 Å². The molecule has 1 aliphatic rings. The summed E-state index contributed by atoms with van der Waals surface area (Å²) in [6, 6.07) is 1.39. The molecule has 0 radical (unpaired) electrons. The molecule has 1 N–H and O–H groups in total. The minimum atomic E-state index is -4.31. The van der Waals surface area contributed by atoms with Gasteiger partial charge in [-0.3, -0.25) is 9.88 Å². The molecule has 2 heterocycles. The summed E-state index contributed by atoms with van der Waals surface area (Å²) in [5.74, 6) is 0. The van der Waals surface area contributed by atoms with E-state index in [-0.39, 0.29) is 5.69 Å². The van der Waals surface area contributed by atoms with Crippen molar-refractivity contribution in [3.63, 3.8) is 0 Å². The van der Waals surface area contributed by atoms with Gasteiger partial charge in [0.25, 0.3) is 0 Å². The van der Waals surface area contributed by atoms with Crippen LogP contribution in [0.5, 0.6) is 0 Å². The van der Waals surface area contributed by atoms with Crippen LogP contribution in [0.15, 0.2) is 22.8 Å². The first-order valence-corrected chi connectivity index (χ1v) is 6.41. The predicted octanol–water partition coefficient (Wildman–Crippen LogP) is 2.35. The molecule has 0 saturated carbocycles. The molecule has 18 heavy (non-hydrogen) atoms. The van der Waals surface area contributed by atoms with Crippen molar-refractivity contribution in [1.82, 2.24) is 15.2 Å². The van der Waals surface area contributed by atoms with Gasteiger partial charge in [-0.05, 0) is 28.1 Å². The summed E-state index contributed by atoms with van der Waals surface area (Å²) in [5, 5.41) is 3.04. The number of aromatic nitrogens is 1. The molecule has 1 aliphatic heterocycles. The molecule has 1 atom stereocenters. The van der Waals surface area contributed by atoms with E-state index in [9.17, 15) is 13.2 Å². The van der Waals surface area contributed by atoms with E-state index in [1.165, 1.54) is 17.2 Å². The lowest BCUT2D eigenvalue weighted by molar-refractivity contribution is -0.188. The Morgan fingerprint density at radius 2 is 1.94 bits per heavy atom. The van der Waals surface area contributed by atoms with Crippen LogP contribution in [-0.4, -0.2) is 42.2 Å². The number of nitrogens with one attached hydrogen (secondary N) is 1. The average molecular weight is 324 g/mol. The number of piperazine rings is 1. The highest BCUT2D eigenvalue weighted by Gasteiger charge is 2.45. The Labute approximate surface area is 112 Å². The van der Waals surface area contributed by atoms with Crippen LogP contribution in [0.25, 0.3) is 0 Å². The van der Waals surface area contributed by atoms with Gasteiger partial charge in [0.1, 0.15) is 6.04 Å². The highest BCUT2D eigenvalue weighted by molar-refractivity contribution is 9.10. The summed E-state index contributed by atoms with van der Waals surface area (Å²) < 4.78 is 40.2. The van der Waals surface area contributed by atoms with Crippen molar-refractivity contribution in [3.8, 4) is 0 Å². The van der Waals surface area contributed by atoms with E-state index in [1.54, 1.807) is 6.07 Å². The second-order valence-electron chi connectivity index (χ2n) is 4.13. The van der Waals surface area contributed by atoms with Crippen LogP contribution in [0, 0.1) is 0 Å². The van der Waals surface area contributed by atoms with E-state index in [0.717, 1.165) is 0 Å². The highest BCUT2D eigenvalue weighted by Crippen LogP contribution is 2.37. The first-order valence-electron chi connectivity index (χ1n) is 5.61. The number of nitrogens with zero attached hydrogens (tertiary/aromatic N) is 2. The minimum absolute atomic E-state index is 0.0487. The van der Waals surface area contributed by atoms with Crippen molar-refractivity contribution < 1.29 is 13.2 Å². The number of hydrogen-bond acceptors (Lipinski definition) is 3. The lowest BCUT2D eigenvalue weighted by atomic mass is 10.1. The van der Waals surface area contributed by atoms with E-state index >= 15 is 0 Å². The Morgan fingerprint density at radius 1 is 1.28 bits per heavy atom. The topological polar surface area (TPSA) is 28.2 Å². The van der Waals surface area contributed by atoms with Crippen LogP contribution in [0.2, 0.25) is 0 Å². The fourth-order valence-corrected chi connectivity index (χ4v) is 2.29. The molecule has 0 unspecified atom stereocenters. The third-order valence-corrected chi connectivity index (χ3v) is 3.33. The summed E-state index contributed by atoms with van der Waals surface area (Å²) in [7, 11) is 0. The van der Waals surface area contributed by atoms with E-state index in [4.69, 9.17) is 0 Å². The second kappa shape index (κ2) is 5.54. The molecule has 1 saturated heterocycles. The van der Waals surface area contributed by atoms with Crippen LogP contribution in [-0.2, 0) is 0 Å². The zero-order chi connectivity index (χ0) is 13.2. The molecule has 0 aromatic carbocycles. The zero-order valence-corrected chi connectivity index (χ0v) is 11.1. The van der Waals surface area contributed by atoms with E-state index in [1.807, 2.05) is 0 Å². The smallest absolute Gasteiger partial charge is 0.314 e. The normalized spacial score (nSPS) is 19.8. The van der Waals surface area contributed by atoms with Crippen LogP contribution in [0.3, 0.4) is 0 Å². The standard InChI is InChI=1S/C11H13BrF3N3/c12-8-1-2-9(17-7-8)10(11(13,14)15)18-5-3-16-4-6-18/h1-2,7,10,16H,3-6H2/t10-/m0/s1. The lowest BCUT2D eigenvalue weighted by Crippen LogP contribution is -2.49. The molecule has 0 spiro atoms. The summed E-state index contributed by atoms with van der Waals surface area (Å²) in [6.07, 6.45) is -2.91. The molecule has 1 aromatic rings. The molecule has 0 bridgehead atoms. The molecule has 1 aromatic heterocycles. The van der Waals surface area contributed by atoms with Crippen LogP contribution in [0.1, 0.15) is 11.7 Å². The van der Waals surface area contributed by atoms with Gasteiger partial charge in [0.2, 0.25) is 0 Å². The van der Waals surface area contributed by atoms with Crippen molar-refractivity contribution in [2.75, 3.05) is 26.2 Å². The van der Waals surface area contributed by atoms with Gasteiger partial charge < -0.3 is 5.32 Å². The average Bonchev–Trinajstić information content (AvgIpc) is 2.32. The molecule has 0 aliphatic carbocycles. The fraction of sp³-hybridized carbons (Fsp3) is 0.545. The van der Waals surface area contributed by atoms with Crippen LogP contribution >= 0.6 is 15.9 Å². The van der Waals surface area contributed by atoms with Gasteiger partial charge in [0, 0.05) is 36.8 Å². The van der Waals surface area contributed by atoms with Gasteiger partial charge >= 0.3 is 6.18 Å². The predicted molar refractivity (Wildman–Crippen MR) is 65.2 cm³/mol. The number of hydrogen-bond donors (Lipinski definition) is 1. The third kappa shape index (κ3) is 3.21. The first-order chi connectivity index (χ1) is 8.48. The summed E-state index contributed by atoms with van der Waals surface area (Å²) >= 11 is 3.17. The molecular formula is C11H13BrF3N3. The van der Waals surface area contributed by atoms with Gasteiger partial charge in [-0.2, -0.15) is 13.2 Å². The van der Waals surface area contributed by atoms with Crippen molar-refractivity contribution in [3.05, 3.63) is 28.5 Å². The lowest BCUT2D eigenvalue weighted by Gasteiger charge is -2.35. The van der Waals surface area contributed by atoms with E-state index in [2.05, 4.69) is 26.2 Å². The summed E-state index contributed by atoms with van der Waals surface area (Å²) in [6.45, 7) is 1.90. The first kappa shape index (κ1) is 13.8. The minimum Gasteiger partial charge on any atom is -0.314 e. The monoisotopic (exact) mass is 323 g/mol. The molecule has 2 rings (SSSR count). The van der Waals surface area contributed by atoms with E-state index in [0.29, 0.717) is 30.7 Å². The number of alkyl halides is 3. The van der Waals surface area contributed by atoms with Gasteiger partial charge in [-0.1, -0.05) is 0 Å². The number of halogens is 4. The zero-order valence-electron chi connectivity index (χ0n) is 9.54. The van der Waals surface area contributed by atoms with Crippen molar-refractivity contribution in [2.24, 2.45) is 0 Å². The summed E-state index contributed by atoms with van der Waals surface area (Å²) in [5.41, 5.74) is 0.0487. The Hall–Kier alpha value is -0.660.